The molecule has 1 aliphatic carbocycles. The van der Waals surface area contributed by atoms with Crippen molar-refractivity contribution in [1.29, 1.82) is 0 Å². The molecule has 2 aromatic rings. The van der Waals surface area contributed by atoms with E-state index in [-0.39, 0.29) is 18.2 Å². The lowest BCUT2D eigenvalue weighted by Crippen LogP contribution is -2.27. The first kappa shape index (κ1) is 28.9. The summed E-state index contributed by atoms with van der Waals surface area (Å²) >= 11 is 0. The lowest BCUT2D eigenvalue weighted by Gasteiger charge is -2.28. The Hall–Kier alpha value is -2.69. The second-order valence-electron chi connectivity index (χ2n) is 10.6. The number of carbonyl (C=O) groups excluding carboxylic acids is 2. The van der Waals surface area contributed by atoms with E-state index in [2.05, 4.69) is 31.2 Å². The van der Waals surface area contributed by atoms with Gasteiger partial charge in [0.1, 0.15) is 6.10 Å². The Balaban J connectivity index is 1.42. The fourth-order valence-corrected chi connectivity index (χ4v) is 5.00. The zero-order chi connectivity index (χ0) is 26.6. The molecule has 0 spiro atoms. The van der Waals surface area contributed by atoms with Gasteiger partial charge in [-0.3, -0.25) is 0 Å². The highest BCUT2D eigenvalue weighted by molar-refractivity contribution is 5.90. The summed E-state index contributed by atoms with van der Waals surface area (Å²) in [4.78, 5) is 23.9. The number of alkyl halides is 1. The monoisotopic (exact) mass is 510 g/mol. The van der Waals surface area contributed by atoms with Crippen LogP contribution in [0.1, 0.15) is 101 Å². The van der Waals surface area contributed by atoms with E-state index in [0.717, 1.165) is 62.5 Å². The van der Waals surface area contributed by atoms with Crippen molar-refractivity contribution in [3.05, 3.63) is 59.7 Å². The molecule has 0 radical (unpaired) electrons. The molecule has 2 aromatic carbocycles. The average molecular weight is 511 g/mol. The van der Waals surface area contributed by atoms with E-state index in [1.807, 2.05) is 31.2 Å². The number of unbranched alkanes of at least 4 members (excludes halogenated alkanes) is 3. The number of aryl methyl sites for hydroxylation is 1. The first-order valence-electron chi connectivity index (χ1n) is 14.1. The van der Waals surface area contributed by atoms with Gasteiger partial charge in [0.05, 0.1) is 11.7 Å². The Morgan fingerprint density at radius 3 is 2.11 bits per heavy atom. The summed E-state index contributed by atoms with van der Waals surface area (Å²) in [5.41, 5.74) is 4.09. The van der Waals surface area contributed by atoms with E-state index in [0.29, 0.717) is 11.5 Å². The van der Waals surface area contributed by atoms with Crippen LogP contribution in [0.2, 0.25) is 0 Å². The summed E-state index contributed by atoms with van der Waals surface area (Å²) in [6, 6.07) is 16.3. The maximum absolute atomic E-state index is 13.0. The lowest BCUT2D eigenvalue weighted by molar-refractivity contribution is -0.156. The number of carbonyl (C=O) groups is 2. The molecular formula is C32H43FO4. The van der Waals surface area contributed by atoms with Gasteiger partial charge in [-0.25, -0.2) is 14.0 Å². The summed E-state index contributed by atoms with van der Waals surface area (Å²) in [5.74, 6) is -0.376. The van der Waals surface area contributed by atoms with E-state index >= 15 is 0 Å². The molecule has 0 aliphatic heterocycles. The van der Waals surface area contributed by atoms with E-state index in [1.54, 1.807) is 0 Å². The number of esters is 2. The molecule has 5 heteroatoms. The number of benzene rings is 2. The van der Waals surface area contributed by atoms with Crippen LogP contribution in [-0.2, 0) is 20.7 Å². The second-order valence-corrected chi connectivity index (χ2v) is 10.6. The fraction of sp³-hybridized carbons (Fsp3) is 0.562. The first-order valence-corrected chi connectivity index (χ1v) is 14.1. The zero-order valence-corrected chi connectivity index (χ0v) is 22.7. The highest BCUT2D eigenvalue weighted by Gasteiger charge is 2.25. The molecule has 0 heterocycles. The minimum atomic E-state index is -1.55. The average Bonchev–Trinajstić information content (AvgIpc) is 2.91. The number of halogens is 1. The molecule has 0 amide bonds. The minimum Gasteiger partial charge on any atom is -0.460 e. The Morgan fingerprint density at radius 2 is 1.51 bits per heavy atom. The van der Waals surface area contributed by atoms with Crippen molar-refractivity contribution in [3.8, 4) is 11.1 Å². The van der Waals surface area contributed by atoms with Gasteiger partial charge < -0.3 is 9.47 Å². The molecule has 1 saturated carbocycles. The Labute approximate surface area is 221 Å². The largest absolute Gasteiger partial charge is 0.460 e. The predicted molar refractivity (Wildman–Crippen MR) is 146 cm³/mol. The molecule has 202 valence electrons. The zero-order valence-electron chi connectivity index (χ0n) is 22.7. The van der Waals surface area contributed by atoms with Gasteiger partial charge >= 0.3 is 11.9 Å². The number of rotatable bonds is 13. The van der Waals surface area contributed by atoms with Crippen LogP contribution >= 0.6 is 0 Å². The van der Waals surface area contributed by atoms with E-state index in [9.17, 15) is 14.0 Å². The molecule has 0 saturated heterocycles. The second kappa shape index (κ2) is 14.9. The molecule has 0 unspecified atom stereocenters. The number of hydrogen-bond acceptors (Lipinski definition) is 4. The van der Waals surface area contributed by atoms with Gasteiger partial charge in [0.25, 0.3) is 0 Å². The summed E-state index contributed by atoms with van der Waals surface area (Å²) in [6.07, 6.45) is 9.68. The predicted octanol–water partition coefficient (Wildman–Crippen LogP) is 8.26. The van der Waals surface area contributed by atoms with Gasteiger partial charge in [0.2, 0.25) is 0 Å². The first-order chi connectivity index (χ1) is 17.9. The van der Waals surface area contributed by atoms with Crippen LogP contribution in [0.25, 0.3) is 11.1 Å². The maximum Gasteiger partial charge on any atom is 0.340 e. The van der Waals surface area contributed by atoms with Crippen LogP contribution in [-0.4, -0.2) is 30.3 Å². The number of ether oxygens (including phenoxy) is 2. The summed E-state index contributed by atoms with van der Waals surface area (Å²) < 4.78 is 23.9. The highest BCUT2D eigenvalue weighted by Crippen LogP contribution is 2.30. The van der Waals surface area contributed by atoms with E-state index in [1.165, 1.54) is 31.7 Å². The van der Waals surface area contributed by atoms with Crippen molar-refractivity contribution in [2.75, 3.05) is 0 Å². The van der Waals surface area contributed by atoms with Crippen molar-refractivity contribution in [2.45, 2.75) is 110 Å². The third-order valence-corrected chi connectivity index (χ3v) is 7.42. The third-order valence-electron chi connectivity index (χ3n) is 7.42. The molecule has 0 aromatic heterocycles. The van der Waals surface area contributed by atoms with Crippen LogP contribution in [0.15, 0.2) is 48.5 Å². The Morgan fingerprint density at radius 1 is 0.892 bits per heavy atom. The topological polar surface area (TPSA) is 52.6 Å². The van der Waals surface area contributed by atoms with Crippen molar-refractivity contribution in [2.24, 2.45) is 5.92 Å². The third kappa shape index (κ3) is 9.60. The van der Waals surface area contributed by atoms with Crippen molar-refractivity contribution < 1.29 is 23.5 Å². The van der Waals surface area contributed by atoms with Gasteiger partial charge in [-0.1, -0.05) is 62.6 Å². The van der Waals surface area contributed by atoms with Crippen molar-refractivity contribution >= 4 is 11.9 Å². The molecule has 1 aliphatic rings. The van der Waals surface area contributed by atoms with Crippen LogP contribution in [0.3, 0.4) is 0 Å². The van der Waals surface area contributed by atoms with Crippen LogP contribution in [0.5, 0.6) is 0 Å². The molecular weight excluding hydrogens is 467 g/mol. The molecule has 3 rings (SSSR count). The lowest BCUT2D eigenvalue weighted by atomic mass is 9.83. The number of hydrogen-bond donors (Lipinski definition) is 0. The standard InChI is InChI=1S/C32H43FO4/c1-4-5-6-7-8-23(2)36-32(35)29-19-17-28(18-20-29)27-15-11-25(12-16-27)9-10-26-13-21-30(22-14-26)37-31(34)24(3)33/h11-12,15-20,23-24,26,30H,4-10,13-14,21-22H2,1-3H3/t23-,24+,26-,30-/m1/s1. The van der Waals surface area contributed by atoms with Gasteiger partial charge in [0, 0.05) is 0 Å². The van der Waals surface area contributed by atoms with Gasteiger partial charge in [-0.15, -0.1) is 0 Å². The van der Waals surface area contributed by atoms with E-state index < -0.39 is 12.1 Å². The summed E-state index contributed by atoms with van der Waals surface area (Å²) in [6.45, 7) is 5.39. The van der Waals surface area contributed by atoms with Crippen molar-refractivity contribution in [3.63, 3.8) is 0 Å². The van der Waals surface area contributed by atoms with Crippen LogP contribution < -0.4 is 0 Å². The fourth-order valence-electron chi connectivity index (χ4n) is 5.00. The quantitative estimate of drug-likeness (QED) is 0.201. The Bertz CT molecular complexity index is 959. The molecule has 2 atom stereocenters. The van der Waals surface area contributed by atoms with Gasteiger partial charge in [-0.05, 0) is 100.0 Å². The van der Waals surface area contributed by atoms with Gasteiger partial charge in [-0.2, -0.15) is 0 Å². The van der Waals surface area contributed by atoms with E-state index in [4.69, 9.17) is 9.47 Å². The van der Waals surface area contributed by atoms with Crippen LogP contribution in [0.4, 0.5) is 4.39 Å². The van der Waals surface area contributed by atoms with Gasteiger partial charge in [0.15, 0.2) is 6.17 Å². The molecule has 1 fully saturated rings. The highest BCUT2D eigenvalue weighted by atomic mass is 19.1. The van der Waals surface area contributed by atoms with Crippen LogP contribution in [0, 0.1) is 5.92 Å². The SMILES string of the molecule is CCCCCC[C@@H](C)OC(=O)c1ccc(-c2ccc(CC[C@H]3CC[C@H](OC(=O)[C@H](C)F)CC3)cc2)cc1. The smallest absolute Gasteiger partial charge is 0.340 e. The normalized spacial score (nSPS) is 19.1. The Kier molecular flexibility index (Phi) is 11.6. The molecule has 4 nitrogen and oxygen atoms in total. The van der Waals surface area contributed by atoms with Crippen molar-refractivity contribution in [1.82, 2.24) is 0 Å². The molecule has 37 heavy (non-hydrogen) atoms. The molecule has 0 N–H and O–H groups in total. The summed E-state index contributed by atoms with van der Waals surface area (Å²) in [7, 11) is 0. The minimum absolute atomic E-state index is 0.0608. The maximum atomic E-state index is 13.0. The summed E-state index contributed by atoms with van der Waals surface area (Å²) in [5, 5.41) is 0. The molecule has 0 bridgehead atoms.